The third-order valence-electron chi connectivity index (χ3n) is 5.69. The Morgan fingerprint density at radius 1 is 1.15 bits per heavy atom. The fraction of sp³-hybridized carbons (Fsp3) is 0.360. The van der Waals surface area contributed by atoms with Crippen LogP contribution >= 0.6 is 11.3 Å². The Balaban J connectivity index is 1.64. The van der Waals surface area contributed by atoms with Gasteiger partial charge in [0.2, 0.25) is 11.8 Å². The molecule has 180 valence electrons. The molecule has 1 fully saturated rings. The van der Waals surface area contributed by atoms with Crippen molar-refractivity contribution in [2.75, 3.05) is 32.1 Å². The van der Waals surface area contributed by atoms with E-state index in [0.717, 1.165) is 16.9 Å². The van der Waals surface area contributed by atoms with Crippen LogP contribution in [0.25, 0.3) is 6.08 Å². The van der Waals surface area contributed by atoms with Crippen molar-refractivity contribution in [2.24, 2.45) is 5.92 Å². The summed E-state index contributed by atoms with van der Waals surface area (Å²) < 4.78 is 5.13. The van der Waals surface area contributed by atoms with Gasteiger partial charge < -0.3 is 20.3 Å². The highest BCUT2D eigenvalue weighted by Crippen LogP contribution is 2.34. The van der Waals surface area contributed by atoms with Crippen molar-refractivity contribution >= 4 is 46.1 Å². The number of rotatable bonds is 7. The molecule has 9 heteroatoms. The van der Waals surface area contributed by atoms with Gasteiger partial charge in [0, 0.05) is 32.1 Å². The number of anilines is 1. The molecular formula is C25H29N3O5S. The number of carbonyl (C=O) groups excluding carboxylic acids is 4. The van der Waals surface area contributed by atoms with Gasteiger partial charge in [-0.1, -0.05) is 30.3 Å². The van der Waals surface area contributed by atoms with Crippen LogP contribution in [0.2, 0.25) is 0 Å². The van der Waals surface area contributed by atoms with Gasteiger partial charge in [-0.05, 0) is 43.9 Å². The highest BCUT2D eigenvalue weighted by molar-refractivity contribution is 7.18. The number of ether oxygens (including phenoxy) is 1. The van der Waals surface area contributed by atoms with Gasteiger partial charge in [0.05, 0.1) is 17.0 Å². The minimum atomic E-state index is -0.577. The monoisotopic (exact) mass is 483 g/mol. The van der Waals surface area contributed by atoms with Crippen molar-refractivity contribution in [1.29, 1.82) is 0 Å². The second-order valence-corrected chi connectivity index (χ2v) is 8.91. The molecule has 0 unspecified atom stereocenters. The molecule has 1 aliphatic rings. The van der Waals surface area contributed by atoms with Crippen molar-refractivity contribution in [3.8, 4) is 0 Å². The summed E-state index contributed by atoms with van der Waals surface area (Å²) in [7, 11) is 1.51. The third kappa shape index (κ3) is 5.91. The lowest BCUT2D eigenvalue weighted by Crippen LogP contribution is -2.40. The molecule has 2 N–H and O–H groups in total. The lowest BCUT2D eigenvalue weighted by Gasteiger charge is -2.30. The van der Waals surface area contributed by atoms with Gasteiger partial charge in [-0.2, -0.15) is 0 Å². The number of hydrogen-bond donors (Lipinski definition) is 2. The van der Waals surface area contributed by atoms with E-state index in [-0.39, 0.29) is 35.8 Å². The van der Waals surface area contributed by atoms with E-state index in [1.54, 1.807) is 30.9 Å². The van der Waals surface area contributed by atoms with Gasteiger partial charge in [0.15, 0.2) is 0 Å². The fourth-order valence-electron chi connectivity index (χ4n) is 3.79. The third-order valence-corrected chi connectivity index (χ3v) is 6.90. The molecule has 1 aromatic carbocycles. The van der Waals surface area contributed by atoms with E-state index in [1.807, 2.05) is 30.3 Å². The Bertz CT molecular complexity index is 1090. The summed E-state index contributed by atoms with van der Waals surface area (Å²) in [6, 6.07) is 9.59. The molecular weight excluding hydrogens is 454 g/mol. The molecule has 0 aliphatic carbocycles. The molecule has 1 saturated heterocycles. The maximum atomic E-state index is 13.0. The minimum Gasteiger partial charge on any atom is -0.462 e. The van der Waals surface area contributed by atoms with E-state index in [2.05, 4.69) is 10.6 Å². The number of hydrogen-bond acceptors (Lipinski definition) is 6. The molecule has 1 aromatic heterocycles. The van der Waals surface area contributed by atoms with E-state index in [1.165, 1.54) is 7.05 Å². The number of carbonyl (C=O) groups is 4. The van der Waals surface area contributed by atoms with Crippen molar-refractivity contribution in [3.05, 3.63) is 58.0 Å². The molecule has 0 spiro atoms. The van der Waals surface area contributed by atoms with Crippen molar-refractivity contribution < 1.29 is 23.9 Å². The largest absolute Gasteiger partial charge is 0.462 e. The topological polar surface area (TPSA) is 105 Å². The Hall–Kier alpha value is -3.46. The number of nitrogens with zero attached hydrogens (tertiary/aromatic N) is 1. The maximum Gasteiger partial charge on any atom is 0.341 e. The lowest BCUT2D eigenvalue weighted by molar-refractivity contribution is -0.130. The highest BCUT2D eigenvalue weighted by Gasteiger charge is 2.30. The molecule has 0 radical (unpaired) electrons. The molecule has 2 heterocycles. The number of likely N-dealkylation sites (tertiary alicyclic amines) is 1. The average Bonchev–Trinajstić information content (AvgIpc) is 3.18. The Morgan fingerprint density at radius 3 is 2.44 bits per heavy atom. The molecule has 3 amide bonds. The summed E-state index contributed by atoms with van der Waals surface area (Å²) in [5.74, 6) is -1.53. The Morgan fingerprint density at radius 2 is 1.82 bits per heavy atom. The van der Waals surface area contributed by atoms with Crippen LogP contribution in [-0.2, 0) is 14.3 Å². The van der Waals surface area contributed by atoms with E-state index in [0.29, 0.717) is 41.4 Å². The average molecular weight is 484 g/mol. The number of nitrogens with one attached hydrogen (secondary N) is 2. The second kappa shape index (κ2) is 11.6. The zero-order valence-corrected chi connectivity index (χ0v) is 20.4. The first kappa shape index (κ1) is 25.2. The summed E-state index contributed by atoms with van der Waals surface area (Å²) in [4.78, 5) is 52.3. The van der Waals surface area contributed by atoms with E-state index in [4.69, 9.17) is 4.74 Å². The predicted octanol–water partition coefficient (Wildman–Crippen LogP) is 3.48. The summed E-state index contributed by atoms with van der Waals surface area (Å²) in [5, 5.41) is 5.69. The Labute approximate surface area is 203 Å². The molecule has 3 rings (SSSR count). The van der Waals surface area contributed by atoms with Gasteiger partial charge in [0.25, 0.3) is 5.91 Å². The summed E-state index contributed by atoms with van der Waals surface area (Å²) >= 11 is 1.06. The smallest absolute Gasteiger partial charge is 0.341 e. The molecule has 0 bridgehead atoms. The van der Waals surface area contributed by atoms with E-state index in [9.17, 15) is 19.2 Å². The standard InChI is InChI=1S/C25H29N3O5S/c1-4-33-25(32)20-16(2)21(23(31)26-3)34-24(20)27-22(30)18-12-14-28(15-13-18)19(29)11-10-17-8-6-5-7-9-17/h5-11,18H,4,12-15H2,1-3H3,(H,26,31)(H,27,30)/b11-10+. The van der Waals surface area contributed by atoms with Gasteiger partial charge in [-0.25, -0.2) is 4.79 Å². The molecule has 34 heavy (non-hydrogen) atoms. The van der Waals surface area contributed by atoms with E-state index < -0.39 is 5.97 Å². The van der Waals surface area contributed by atoms with Crippen LogP contribution in [-0.4, -0.2) is 55.3 Å². The van der Waals surface area contributed by atoms with Gasteiger partial charge >= 0.3 is 5.97 Å². The van der Waals surface area contributed by atoms with E-state index >= 15 is 0 Å². The van der Waals surface area contributed by atoms with Gasteiger partial charge in [0.1, 0.15) is 5.00 Å². The van der Waals surface area contributed by atoms with Crippen LogP contribution in [0, 0.1) is 12.8 Å². The van der Waals surface area contributed by atoms with Gasteiger partial charge in [-0.15, -0.1) is 11.3 Å². The first-order valence-electron chi connectivity index (χ1n) is 11.2. The number of benzene rings is 1. The first-order valence-corrected chi connectivity index (χ1v) is 12.0. The van der Waals surface area contributed by atoms with Crippen LogP contribution in [0.3, 0.4) is 0 Å². The van der Waals surface area contributed by atoms with Crippen LogP contribution < -0.4 is 10.6 Å². The Kier molecular flexibility index (Phi) is 8.59. The first-order chi connectivity index (χ1) is 16.3. The molecule has 8 nitrogen and oxygen atoms in total. The van der Waals surface area contributed by atoms with Crippen LogP contribution in [0.1, 0.15) is 50.9 Å². The summed E-state index contributed by atoms with van der Waals surface area (Å²) in [5.41, 5.74) is 1.63. The lowest BCUT2D eigenvalue weighted by atomic mass is 9.95. The molecule has 0 atom stereocenters. The van der Waals surface area contributed by atoms with Crippen molar-refractivity contribution in [3.63, 3.8) is 0 Å². The zero-order valence-electron chi connectivity index (χ0n) is 19.6. The normalized spacial score (nSPS) is 14.1. The number of thiophene rings is 1. The zero-order chi connectivity index (χ0) is 24.7. The minimum absolute atomic E-state index is 0.0867. The maximum absolute atomic E-state index is 13.0. The van der Waals surface area contributed by atoms with Crippen LogP contribution in [0.15, 0.2) is 36.4 Å². The quantitative estimate of drug-likeness (QED) is 0.463. The van der Waals surface area contributed by atoms with Crippen molar-refractivity contribution in [1.82, 2.24) is 10.2 Å². The van der Waals surface area contributed by atoms with Gasteiger partial charge in [-0.3, -0.25) is 14.4 Å². The summed E-state index contributed by atoms with van der Waals surface area (Å²) in [6.07, 6.45) is 4.35. The highest BCUT2D eigenvalue weighted by atomic mass is 32.1. The number of piperidine rings is 1. The molecule has 0 saturated carbocycles. The second-order valence-electron chi connectivity index (χ2n) is 7.89. The fourth-order valence-corrected chi connectivity index (χ4v) is 4.94. The molecule has 1 aliphatic heterocycles. The predicted molar refractivity (Wildman–Crippen MR) is 132 cm³/mol. The SMILES string of the molecule is CCOC(=O)c1c(NC(=O)C2CCN(C(=O)/C=C/c3ccccc3)CC2)sc(C(=O)NC)c1C. The van der Waals surface area contributed by atoms with Crippen LogP contribution in [0.4, 0.5) is 5.00 Å². The van der Waals surface area contributed by atoms with Crippen molar-refractivity contribution in [2.45, 2.75) is 26.7 Å². The van der Waals surface area contributed by atoms with Crippen LogP contribution in [0.5, 0.6) is 0 Å². The molecule has 2 aromatic rings. The number of esters is 1. The number of amides is 3. The summed E-state index contributed by atoms with van der Waals surface area (Å²) in [6.45, 7) is 4.47.